The van der Waals surface area contributed by atoms with Crippen molar-refractivity contribution < 1.29 is 0 Å². The lowest BCUT2D eigenvalue weighted by molar-refractivity contribution is 0.658. The number of rotatable bonds is 1. The van der Waals surface area contributed by atoms with Crippen LogP contribution in [-0.4, -0.2) is 3.55 Å². The van der Waals surface area contributed by atoms with Crippen LogP contribution in [0.15, 0.2) is 48.5 Å². The van der Waals surface area contributed by atoms with Gasteiger partial charge in [-0.1, -0.05) is 77.2 Å². The van der Waals surface area contributed by atoms with Crippen molar-refractivity contribution in [1.29, 1.82) is 0 Å². The Morgan fingerprint density at radius 2 is 1.50 bits per heavy atom. The van der Waals surface area contributed by atoms with E-state index in [1.165, 1.54) is 22.4 Å². The van der Waals surface area contributed by atoms with Crippen LogP contribution in [0.5, 0.6) is 0 Å². The molecule has 0 fully saturated rings. The fraction of sp³-hybridized carbons (Fsp3) is 0.222. The number of para-hydroxylation sites is 1. The van der Waals surface area contributed by atoms with Crippen molar-refractivity contribution in [2.24, 2.45) is 0 Å². The lowest BCUT2D eigenvalue weighted by atomic mass is 10.0. The van der Waals surface area contributed by atoms with Crippen LogP contribution < -0.4 is 4.90 Å². The van der Waals surface area contributed by atoms with Crippen molar-refractivity contribution >= 4 is 40.4 Å². The molecule has 1 aliphatic rings. The first-order valence-electron chi connectivity index (χ1n) is 6.87. The molecule has 2 heteroatoms. The van der Waals surface area contributed by atoms with Crippen molar-refractivity contribution in [3.8, 4) is 0 Å². The number of fused-ring (bicyclic) bond motifs is 2. The summed E-state index contributed by atoms with van der Waals surface area (Å²) >= 11 is 2.52. The van der Waals surface area contributed by atoms with Crippen LogP contribution in [-0.2, 0) is 6.54 Å². The smallest absolute Gasteiger partial charge is 0.0865 e. The molecule has 2 aromatic carbocycles. The lowest BCUT2D eigenvalue weighted by Gasteiger charge is -2.38. The van der Waals surface area contributed by atoms with Gasteiger partial charge in [-0.3, -0.25) is 0 Å². The van der Waals surface area contributed by atoms with Crippen LogP contribution in [0, 0.1) is 0 Å². The third-order valence-electron chi connectivity index (χ3n) is 3.70. The van der Waals surface area contributed by atoms with Crippen LogP contribution in [0.3, 0.4) is 0 Å². The number of hydrogen-bond acceptors (Lipinski definition) is 1. The fourth-order valence-corrected chi connectivity index (χ4v) is 3.05. The molecule has 1 aliphatic heterocycles. The van der Waals surface area contributed by atoms with Gasteiger partial charge in [0.15, 0.2) is 0 Å². The molecule has 0 unspecified atom stereocenters. The highest BCUT2D eigenvalue weighted by molar-refractivity contribution is 14.1. The standard InChI is InChI=1S/C18H18IN/c1-18(2,19)20-13-16-9-4-3-7-14(16)11-12-15-8-5-6-10-17(15)20/h3-12H,13H2,1-2H3/b12-11-. The van der Waals surface area contributed by atoms with Gasteiger partial charge in [0.1, 0.15) is 0 Å². The number of alkyl halides is 1. The Morgan fingerprint density at radius 1 is 0.900 bits per heavy atom. The molecule has 1 heterocycles. The van der Waals surface area contributed by atoms with E-state index in [4.69, 9.17) is 0 Å². The second-order valence-electron chi connectivity index (χ2n) is 5.59. The predicted molar refractivity (Wildman–Crippen MR) is 96.1 cm³/mol. The maximum atomic E-state index is 2.52. The van der Waals surface area contributed by atoms with E-state index in [1.54, 1.807) is 0 Å². The monoisotopic (exact) mass is 375 g/mol. The molecule has 0 amide bonds. The molecule has 0 spiro atoms. The molecule has 0 radical (unpaired) electrons. The molecular weight excluding hydrogens is 357 g/mol. The summed E-state index contributed by atoms with van der Waals surface area (Å²) in [6.45, 7) is 5.46. The summed E-state index contributed by atoms with van der Waals surface area (Å²) in [7, 11) is 0. The second kappa shape index (κ2) is 5.24. The largest absolute Gasteiger partial charge is 0.353 e. The van der Waals surface area contributed by atoms with E-state index in [1.807, 2.05) is 0 Å². The van der Waals surface area contributed by atoms with Gasteiger partial charge in [-0.25, -0.2) is 0 Å². The first kappa shape index (κ1) is 13.7. The van der Waals surface area contributed by atoms with Crippen molar-refractivity contribution in [3.63, 3.8) is 0 Å². The van der Waals surface area contributed by atoms with E-state index in [9.17, 15) is 0 Å². The van der Waals surface area contributed by atoms with E-state index >= 15 is 0 Å². The lowest BCUT2D eigenvalue weighted by Crippen LogP contribution is -2.39. The predicted octanol–water partition coefficient (Wildman–Crippen LogP) is 5.35. The van der Waals surface area contributed by atoms with Crippen LogP contribution in [0.2, 0.25) is 0 Å². The summed E-state index contributed by atoms with van der Waals surface area (Å²) in [5.41, 5.74) is 5.28. The van der Waals surface area contributed by atoms with Gasteiger partial charge < -0.3 is 4.90 Å². The molecule has 0 N–H and O–H groups in total. The van der Waals surface area contributed by atoms with E-state index in [0.29, 0.717) is 0 Å². The number of halogens is 1. The average Bonchev–Trinajstić information content (AvgIpc) is 2.40. The van der Waals surface area contributed by atoms with Gasteiger partial charge in [-0.15, -0.1) is 0 Å². The zero-order valence-electron chi connectivity index (χ0n) is 11.8. The highest BCUT2D eigenvalue weighted by Crippen LogP contribution is 2.36. The molecule has 0 saturated heterocycles. The molecule has 0 saturated carbocycles. The van der Waals surface area contributed by atoms with Gasteiger partial charge in [0.05, 0.1) is 3.55 Å². The maximum absolute atomic E-state index is 2.52. The Labute approximate surface area is 134 Å². The van der Waals surface area contributed by atoms with Crippen molar-refractivity contribution in [1.82, 2.24) is 0 Å². The minimum absolute atomic E-state index is 0.0617. The normalized spacial score (nSPS) is 15.8. The second-order valence-corrected chi connectivity index (χ2v) is 8.23. The number of nitrogens with zero attached hydrogens (tertiary/aromatic N) is 1. The first-order valence-corrected chi connectivity index (χ1v) is 7.95. The summed E-state index contributed by atoms with van der Waals surface area (Å²) in [6, 6.07) is 17.3. The van der Waals surface area contributed by atoms with Gasteiger partial charge in [0, 0.05) is 12.2 Å². The first-order chi connectivity index (χ1) is 9.55. The third-order valence-corrected chi connectivity index (χ3v) is 4.28. The molecular formula is C18H18IN. The summed E-state index contributed by atoms with van der Waals surface area (Å²) in [5.74, 6) is 0. The van der Waals surface area contributed by atoms with Crippen LogP contribution in [0.25, 0.3) is 12.2 Å². The van der Waals surface area contributed by atoms with E-state index < -0.39 is 0 Å². The van der Waals surface area contributed by atoms with Gasteiger partial charge in [-0.2, -0.15) is 0 Å². The molecule has 0 aliphatic carbocycles. The molecule has 0 atom stereocenters. The van der Waals surface area contributed by atoms with Crippen molar-refractivity contribution in [2.45, 2.75) is 23.9 Å². The minimum Gasteiger partial charge on any atom is -0.353 e. The van der Waals surface area contributed by atoms with E-state index in [0.717, 1.165) is 6.54 Å². The zero-order valence-corrected chi connectivity index (χ0v) is 14.0. The van der Waals surface area contributed by atoms with Gasteiger partial charge in [-0.05, 0) is 36.6 Å². The fourth-order valence-electron chi connectivity index (χ4n) is 2.62. The van der Waals surface area contributed by atoms with Gasteiger partial charge in [0.2, 0.25) is 0 Å². The van der Waals surface area contributed by atoms with Crippen LogP contribution in [0.4, 0.5) is 5.69 Å². The summed E-state index contributed by atoms with van der Waals surface area (Å²) in [5, 5.41) is 0. The summed E-state index contributed by atoms with van der Waals surface area (Å²) < 4.78 is 0.0617. The Hall–Kier alpha value is -1.29. The van der Waals surface area contributed by atoms with Gasteiger partial charge in [0.25, 0.3) is 0 Å². The molecule has 2 aromatic rings. The number of hydrogen-bond donors (Lipinski definition) is 0. The molecule has 102 valence electrons. The molecule has 20 heavy (non-hydrogen) atoms. The molecule has 0 aromatic heterocycles. The van der Waals surface area contributed by atoms with Crippen LogP contribution in [0.1, 0.15) is 30.5 Å². The Morgan fingerprint density at radius 3 is 2.25 bits per heavy atom. The average molecular weight is 375 g/mol. The molecule has 3 rings (SSSR count). The highest BCUT2D eigenvalue weighted by atomic mass is 127. The topological polar surface area (TPSA) is 3.24 Å². The molecule has 0 bridgehead atoms. The zero-order chi connectivity index (χ0) is 14.2. The van der Waals surface area contributed by atoms with E-state index in [2.05, 4.69) is 102 Å². The quantitative estimate of drug-likeness (QED) is 0.369. The summed E-state index contributed by atoms with van der Waals surface area (Å²) in [4.78, 5) is 2.48. The Balaban J connectivity index is 2.20. The SMILES string of the molecule is CC(C)(I)N1Cc2ccccc2/C=C\c2ccccc21. The Bertz CT molecular complexity index is 652. The van der Waals surface area contributed by atoms with Crippen molar-refractivity contribution in [2.75, 3.05) is 4.90 Å². The minimum atomic E-state index is 0.0617. The van der Waals surface area contributed by atoms with Crippen LogP contribution >= 0.6 is 22.6 Å². The highest BCUT2D eigenvalue weighted by Gasteiger charge is 2.26. The van der Waals surface area contributed by atoms with Crippen molar-refractivity contribution in [3.05, 3.63) is 65.2 Å². The van der Waals surface area contributed by atoms with E-state index in [-0.39, 0.29) is 3.55 Å². The molecule has 1 nitrogen and oxygen atoms in total. The summed E-state index contributed by atoms with van der Waals surface area (Å²) in [6.07, 6.45) is 4.45. The van der Waals surface area contributed by atoms with Gasteiger partial charge >= 0.3 is 0 Å². The number of benzene rings is 2. The third kappa shape index (κ3) is 2.62. The Kier molecular flexibility index (Phi) is 3.59. The maximum Gasteiger partial charge on any atom is 0.0865 e. The number of anilines is 1.